The number of rotatable bonds is 6. The molecule has 0 bridgehead atoms. The van der Waals surface area contributed by atoms with Crippen molar-refractivity contribution < 1.29 is 14.6 Å². The van der Waals surface area contributed by atoms with Crippen molar-refractivity contribution in [2.45, 2.75) is 12.3 Å². The standard InChI is InChI=1S/C19H15ClO3S/c20-16-4-1-2-5-17(16)23-14-9-7-13(8-10-14)12-15(19(21)22)18-6-3-11-24-18/h1-11,15H,12H2,(H,21,22). The Balaban J connectivity index is 1.72. The maximum Gasteiger partial charge on any atom is 0.312 e. The highest BCUT2D eigenvalue weighted by atomic mass is 35.5. The van der Waals surface area contributed by atoms with E-state index in [4.69, 9.17) is 16.3 Å². The highest BCUT2D eigenvalue weighted by Crippen LogP contribution is 2.30. The highest BCUT2D eigenvalue weighted by Gasteiger charge is 2.21. The molecule has 24 heavy (non-hydrogen) atoms. The minimum Gasteiger partial charge on any atom is -0.481 e. The predicted octanol–water partition coefficient (Wildman–Crippen LogP) is 5.60. The molecule has 0 radical (unpaired) electrons. The van der Waals surface area contributed by atoms with Crippen LogP contribution in [0.5, 0.6) is 11.5 Å². The van der Waals surface area contributed by atoms with Crippen molar-refractivity contribution in [3.63, 3.8) is 0 Å². The van der Waals surface area contributed by atoms with Crippen molar-refractivity contribution in [3.05, 3.63) is 81.5 Å². The number of carboxylic acid groups (broad SMARTS) is 1. The molecule has 1 atom stereocenters. The molecule has 1 aromatic heterocycles. The molecule has 1 heterocycles. The number of hydrogen-bond acceptors (Lipinski definition) is 3. The van der Waals surface area contributed by atoms with Crippen LogP contribution in [0.3, 0.4) is 0 Å². The van der Waals surface area contributed by atoms with Crippen molar-refractivity contribution in [2.24, 2.45) is 0 Å². The first-order chi connectivity index (χ1) is 11.6. The first-order valence-electron chi connectivity index (χ1n) is 7.41. The maximum absolute atomic E-state index is 11.5. The molecule has 0 aliphatic carbocycles. The highest BCUT2D eigenvalue weighted by molar-refractivity contribution is 7.10. The first kappa shape index (κ1) is 16.6. The summed E-state index contributed by atoms with van der Waals surface area (Å²) in [6.45, 7) is 0. The van der Waals surface area contributed by atoms with Crippen molar-refractivity contribution in [1.82, 2.24) is 0 Å². The third-order valence-corrected chi connectivity index (χ3v) is 4.91. The SMILES string of the molecule is O=C(O)C(Cc1ccc(Oc2ccccc2Cl)cc1)c1cccs1. The average Bonchev–Trinajstić information content (AvgIpc) is 3.10. The van der Waals surface area contributed by atoms with Gasteiger partial charge in [0.1, 0.15) is 11.5 Å². The van der Waals surface area contributed by atoms with E-state index >= 15 is 0 Å². The zero-order chi connectivity index (χ0) is 16.9. The minimum atomic E-state index is -0.811. The quantitative estimate of drug-likeness (QED) is 0.623. The van der Waals surface area contributed by atoms with Crippen LogP contribution < -0.4 is 4.74 Å². The topological polar surface area (TPSA) is 46.5 Å². The largest absolute Gasteiger partial charge is 0.481 e. The molecule has 0 saturated carbocycles. The van der Waals surface area contributed by atoms with Gasteiger partial charge in [0, 0.05) is 4.88 Å². The van der Waals surface area contributed by atoms with Crippen LogP contribution in [-0.4, -0.2) is 11.1 Å². The Morgan fingerprint density at radius 3 is 2.46 bits per heavy atom. The Bertz CT molecular complexity index is 813. The molecule has 122 valence electrons. The molecule has 0 aliphatic rings. The molecular weight excluding hydrogens is 344 g/mol. The lowest BCUT2D eigenvalue weighted by molar-refractivity contribution is -0.138. The van der Waals surface area contributed by atoms with Gasteiger partial charge in [-0.3, -0.25) is 4.79 Å². The monoisotopic (exact) mass is 358 g/mol. The van der Waals surface area contributed by atoms with E-state index in [9.17, 15) is 9.90 Å². The van der Waals surface area contributed by atoms with Gasteiger partial charge in [-0.2, -0.15) is 0 Å². The van der Waals surface area contributed by atoms with Crippen molar-refractivity contribution in [1.29, 1.82) is 0 Å². The van der Waals surface area contributed by atoms with Crippen molar-refractivity contribution in [3.8, 4) is 11.5 Å². The zero-order valence-corrected chi connectivity index (χ0v) is 14.3. The molecule has 3 aromatic rings. The minimum absolute atomic E-state index is 0.447. The lowest BCUT2D eigenvalue weighted by Gasteiger charge is -2.12. The molecule has 1 N–H and O–H groups in total. The van der Waals surface area contributed by atoms with Crippen LogP contribution in [0.1, 0.15) is 16.4 Å². The summed E-state index contributed by atoms with van der Waals surface area (Å²) in [4.78, 5) is 12.4. The number of aliphatic carboxylic acids is 1. The van der Waals surface area contributed by atoms with Crippen LogP contribution in [0.15, 0.2) is 66.0 Å². The van der Waals surface area contributed by atoms with Crippen LogP contribution in [0.25, 0.3) is 0 Å². The van der Waals surface area contributed by atoms with E-state index in [1.165, 1.54) is 11.3 Å². The second-order valence-electron chi connectivity index (χ2n) is 5.29. The fourth-order valence-corrected chi connectivity index (χ4v) is 3.38. The maximum atomic E-state index is 11.5. The Morgan fingerprint density at radius 1 is 1.08 bits per heavy atom. The van der Waals surface area contributed by atoms with Crippen LogP contribution in [-0.2, 0) is 11.2 Å². The molecule has 3 nitrogen and oxygen atoms in total. The fourth-order valence-electron chi connectivity index (χ4n) is 2.38. The number of hydrogen-bond donors (Lipinski definition) is 1. The lowest BCUT2D eigenvalue weighted by atomic mass is 9.98. The Kier molecular flexibility index (Phi) is 5.18. The first-order valence-corrected chi connectivity index (χ1v) is 8.67. The van der Waals surface area contributed by atoms with E-state index in [0.29, 0.717) is 22.9 Å². The van der Waals surface area contributed by atoms with Crippen molar-refractivity contribution >= 4 is 28.9 Å². The van der Waals surface area contributed by atoms with E-state index < -0.39 is 11.9 Å². The van der Waals surface area contributed by atoms with E-state index in [1.54, 1.807) is 12.1 Å². The van der Waals surface area contributed by atoms with Crippen LogP contribution >= 0.6 is 22.9 Å². The summed E-state index contributed by atoms with van der Waals surface area (Å²) in [5.41, 5.74) is 0.947. The van der Waals surface area contributed by atoms with Crippen LogP contribution in [0.4, 0.5) is 0 Å². The Labute approximate surface area is 149 Å². The van der Waals surface area contributed by atoms with E-state index in [-0.39, 0.29) is 0 Å². The summed E-state index contributed by atoms with van der Waals surface area (Å²) in [5, 5.41) is 11.9. The van der Waals surface area contributed by atoms with Gasteiger partial charge in [-0.05, 0) is 47.7 Å². The summed E-state index contributed by atoms with van der Waals surface area (Å²) >= 11 is 7.54. The van der Waals surface area contributed by atoms with Gasteiger partial charge < -0.3 is 9.84 Å². The molecule has 3 rings (SSSR count). The summed E-state index contributed by atoms with van der Waals surface area (Å²) < 4.78 is 5.74. The molecule has 0 aliphatic heterocycles. The number of carbonyl (C=O) groups is 1. The van der Waals surface area contributed by atoms with Gasteiger partial charge in [0.25, 0.3) is 0 Å². The molecule has 1 unspecified atom stereocenters. The molecule has 0 spiro atoms. The van der Waals surface area contributed by atoms with Crippen LogP contribution in [0, 0.1) is 0 Å². The van der Waals surface area contributed by atoms with E-state index in [2.05, 4.69) is 0 Å². The average molecular weight is 359 g/mol. The Hall–Kier alpha value is -2.30. The summed E-state index contributed by atoms with van der Waals surface area (Å²) in [7, 11) is 0. The van der Waals surface area contributed by atoms with Crippen LogP contribution in [0.2, 0.25) is 5.02 Å². The van der Waals surface area contributed by atoms with E-state index in [1.807, 2.05) is 53.9 Å². The van der Waals surface area contributed by atoms with Gasteiger partial charge in [0.15, 0.2) is 0 Å². The number of thiophene rings is 1. The van der Waals surface area contributed by atoms with Crippen molar-refractivity contribution in [2.75, 3.05) is 0 Å². The van der Waals surface area contributed by atoms with Gasteiger partial charge in [-0.25, -0.2) is 0 Å². The molecule has 0 saturated heterocycles. The van der Waals surface area contributed by atoms with Gasteiger partial charge in [-0.1, -0.05) is 41.9 Å². The van der Waals surface area contributed by atoms with E-state index in [0.717, 1.165) is 10.4 Å². The second-order valence-corrected chi connectivity index (χ2v) is 6.67. The normalized spacial score (nSPS) is 11.9. The molecule has 5 heteroatoms. The number of halogens is 1. The molecule has 0 fully saturated rings. The number of benzene rings is 2. The zero-order valence-electron chi connectivity index (χ0n) is 12.7. The van der Waals surface area contributed by atoms with Gasteiger partial charge in [0.2, 0.25) is 0 Å². The summed E-state index contributed by atoms with van der Waals surface area (Å²) in [6, 6.07) is 18.4. The fraction of sp³-hybridized carbons (Fsp3) is 0.105. The molecule has 0 amide bonds. The van der Waals surface area contributed by atoms with Gasteiger partial charge in [0.05, 0.1) is 10.9 Å². The Morgan fingerprint density at radius 2 is 1.83 bits per heavy atom. The summed E-state index contributed by atoms with van der Waals surface area (Å²) in [6.07, 6.45) is 0.447. The van der Waals surface area contributed by atoms with Gasteiger partial charge >= 0.3 is 5.97 Å². The number of ether oxygens (including phenoxy) is 1. The predicted molar refractivity (Wildman–Crippen MR) is 96.4 cm³/mol. The molecular formula is C19H15ClO3S. The summed E-state index contributed by atoms with van der Waals surface area (Å²) in [5.74, 6) is -0.0852. The van der Waals surface area contributed by atoms with Gasteiger partial charge in [-0.15, -0.1) is 11.3 Å². The number of para-hydroxylation sites is 1. The lowest BCUT2D eigenvalue weighted by Crippen LogP contribution is -2.13. The number of carboxylic acids is 1. The third kappa shape index (κ3) is 3.96. The third-order valence-electron chi connectivity index (χ3n) is 3.61. The smallest absolute Gasteiger partial charge is 0.312 e. The molecule has 2 aromatic carbocycles. The second kappa shape index (κ2) is 7.51.